The van der Waals surface area contributed by atoms with Crippen molar-refractivity contribution in [3.8, 4) is 0 Å². The number of amides is 1. The van der Waals surface area contributed by atoms with Crippen LogP contribution in [0.2, 0.25) is 10.0 Å². The lowest BCUT2D eigenvalue weighted by Gasteiger charge is -2.51. The molecule has 4 rings (SSSR count). The van der Waals surface area contributed by atoms with Crippen LogP contribution in [0.4, 0.5) is 0 Å². The average Bonchev–Trinajstić information content (AvgIpc) is 2.69. The number of piperazine rings is 1. The van der Waals surface area contributed by atoms with Crippen molar-refractivity contribution >= 4 is 39.1 Å². The molecule has 9 heteroatoms. The summed E-state index contributed by atoms with van der Waals surface area (Å²) in [5.74, 6) is -0.184. The Balaban J connectivity index is 1.70. The summed E-state index contributed by atoms with van der Waals surface area (Å²) >= 11 is 12.1. The highest BCUT2D eigenvalue weighted by atomic mass is 35.5. The summed E-state index contributed by atoms with van der Waals surface area (Å²) in [6.45, 7) is 2.27. The third-order valence-corrected chi connectivity index (χ3v) is 8.05. The number of pyridine rings is 1. The highest BCUT2D eigenvalue weighted by Gasteiger charge is 2.52. The predicted molar refractivity (Wildman–Crippen MR) is 111 cm³/mol. The smallest absolute Gasteiger partial charge is 0.244 e. The molecule has 2 aromatic rings. The van der Waals surface area contributed by atoms with Gasteiger partial charge in [-0.3, -0.25) is 9.78 Å². The fourth-order valence-corrected chi connectivity index (χ4v) is 6.94. The number of piperidine rings is 1. The maximum Gasteiger partial charge on any atom is 0.244 e. The molecular formula is C20H21Cl2N3O3S. The Hall–Kier alpha value is -1.67. The molecule has 2 saturated heterocycles. The van der Waals surface area contributed by atoms with Gasteiger partial charge in [0.15, 0.2) is 0 Å². The van der Waals surface area contributed by atoms with Crippen molar-refractivity contribution in [1.82, 2.24) is 14.2 Å². The first-order valence-corrected chi connectivity index (χ1v) is 11.7. The van der Waals surface area contributed by atoms with E-state index in [-0.39, 0.29) is 32.9 Å². The Morgan fingerprint density at radius 3 is 2.52 bits per heavy atom. The summed E-state index contributed by atoms with van der Waals surface area (Å²) in [6, 6.07) is 8.52. The SMILES string of the molecule is C[C@@H]1[C@@H]2CCCC(C(=O)N1Cc1ccccn1)N2S(=O)(=O)c1cc(Cl)cc(Cl)c1. The van der Waals surface area contributed by atoms with Gasteiger partial charge in [0.25, 0.3) is 0 Å². The highest BCUT2D eigenvalue weighted by molar-refractivity contribution is 7.89. The van der Waals surface area contributed by atoms with Crippen LogP contribution in [0.1, 0.15) is 31.9 Å². The minimum Gasteiger partial charge on any atom is -0.331 e. The minimum absolute atomic E-state index is 0.0186. The van der Waals surface area contributed by atoms with Gasteiger partial charge in [0.05, 0.1) is 17.1 Å². The van der Waals surface area contributed by atoms with E-state index in [2.05, 4.69) is 4.98 Å². The topological polar surface area (TPSA) is 70.6 Å². The standard InChI is InChI=1S/C20H21Cl2N3O3S/c1-13-18-6-4-7-19(20(26)24(13)12-16-5-2-3-8-23-16)25(18)29(27,28)17-10-14(21)9-15(22)11-17/h2-3,5,8-11,13,18-19H,4,6-7,12H2,1H3/t13-,18+,19?/m1/s1. The van der Waals surface area contributed by atoms with E-state index >= 15 is 0 Å². The Labute approximate surface area is 180 Å². The van der Waals surface area contributed by atoms with E-state index in [0.29, 0.717) is 19.4 Å². The zero-order valence-electron chi connectivity index (χ0n) is 15.8. The number of fused-ring (bicyclic) bond motifs is 2. The summed E-state index contributed by atoms with van der Waals surface area (Å²) in [5.41, 5.74) is 0.781. The van der Waals surface area contributed by atoms with Gasteiger partial charge in [-0.15, -0.1) is 0 Å². The number of hydrogen-bond acceptors (Lipinski definition) is 4. The van der Waals surface area contributed by atoms with Crippen LogP contribution < -0.4 is 0 Å². The molecule has 2 bridgehead atoms. The van der Waals surface area contributed by atoms with Crippen LogP contribution in [0.5, 0.6) is 0 Å². The predicted octanol–water partition coefficient (Wildman–Crippen LogP) is 3.73. The second-order valence-electron chi connectivity index (χ2n) is 7.48. The molecule has 154 valence electrons. The molecule has 1 aromatic carbocycles. The second kappa shape index (κ2) is 7.87. The fraction of sp³-hybridized carbons (Fsp3) is 0.400. The number of carbonyl (C=O) groups excluding carboxylic acids is 1. The highest BCUT2D eigenvalue weighted by Crippen LogP contribution is 2.39. The number of rotatable bonds is 4. The maximum absolute atomic E-state index is 13.5. The molecule has 0 saturated carbocycles. The molecule has 0 spiro atoms. The van der Waals surface area contributed by atoms with E-state index in [1.807, 2.05) is 25.1 Å². The first kappa shape index (κ1) is 20.6. The quantitative estimate of drug-likeness (QED) is 0.706. The van der Waals surface area contributed by atoms with Crippen molar-refractivity contribution in [2.75, 3.05) is 0 Å². The average molecular weight is 454 g/mol. The molecule has 3 atom stereocenters. The van der Waals surface area contributed by atoms with Crippen molar-refractivity contribution in [2.45, 2.75) is 55.8 Å². The molecule has 29 heavy (non-hydrogen) atoms. The lowest BCUT2D eigenvalue weighted by atomic mass is 9.88. The van der Waals surface area contributed by atoms with E-state index in [9.17, 15) is 13.2 Å². The summed E-state index contributed by atoms with van der Waals surface area (Å²) < 4.78 is 28.4. The first-order chi connectivity index (χ1) is 13.8. The fourth-order valence-electron chi connectivity index (χ4n) is 4.32. The molecule has 0 N–H and O–H groups in total. The minimum atomic E-state index is -3.93. The van der Waals surface area contributed by atoms with Gasteiger partial charge < -0.3 is 4.90 Å². The van der Waals surface area contributed by atoms with Crippen LogP contribution in [-0.2, 0) is 21.4 Å². The Morgan fingerprint density at radius 2 is 1.86 bits per heavy atom. The molecule has 1 amide bonds. The van der Waals surface area contributed by atoms with Crippen LogP contribution in [0.3, 0.4) is 0 Å². The van der Waals surface area contributed by atoms with E-state index < -0.39 is 16.1 Å². The van der Waals surface area contributed by atoms with E-state index in [4.69, 9.17) is 23.2 Å². The Morgan fingerprint density at radius 1 is 1.14 bits per heavy atom. The number of likely N-dealkylation sites (tertiary alicyclic amines) is 1. The van der Waals surface area contributed by atoms with Crippen molar-refractivity contribution in [3.05, 3.63) is 58.3 Å². The number of halogens is 2. The Bertz CT molecular complexity index is 1010. The number of benzene rings is 1. The molecule has 1 unspecified atom stereocenters. The summed E-state index contributed by atoms with van der Waals surface area (Å²) in [7, 11) is -3.93. The van der Waals surface area contributed by atoms with Crippen LogP contribution in [0.25, 0.3) is 0 Å². The summed E-state index contributed by atoms with van der Waals surface area (Å²) in [6.07, 6.45) is 3.69. The Kier molecular flexibility index (Phi) is 5.59. The van der Waals surface area contributed by atoms with Gasteiger partial charge in [-0.2, -0.15) is 4.31 Å². The second-order valence-corrected chi connectivity index (χ2v) is 10.2. The molecule has 2 aliphatic rings. The van der Waals surface area contributed by atoms with Crippen molar-refractivity contribution < 1.29 is 13.2 Å². The van der Waals surface area contributed by atoms with E-state index in [0.717, 1.165) is 12.1 Å². The van der Waals surface area contributed by atoms with Crippen LogP contribution >= 0.6 is 23.2 Å². The van der Waals surface area contributed by atoms with Gasteiger partial charge in [0, 0.05) is 28.3 Å². The molecule has 1 aromatic heterocycles. The van der Waals surface area contributed by atoms with Gasteiger partial charge in [0.1, 0.15) is 6.04 Å². The van der Waals surface area contributed by atoms with Gasteiger partial charge in [-0.05, 0) is 56.5 Å². The number of aromatic nitrogens is 1. The van der Waals surface area contributed by atoms with Gasteiger partial charge in [-0.25, -0.2) is 8.42 Å². The third-order valence-electron chi connectivity index (χ3n) is 5.70. The lowest BCUT2D eigenvalue weighted by molar-refractivity contribution is -0.149. The van der Waals surface area contributed by atoms with Gasteiger partial charge in [-0.1, -0.05) is 29.3 Å². The van der Waals surface area contributed by atoms with Crippen molar-refractivity contribution in [2.24, 2.45) is 0 Å². The van der Waals surface area contributed by atoms with Crippen LogP contribution in [0.15, 0.2) is 47.5 Å². The molecule has 0 radical (unpaired) electrons. The number of carbonyl (C=O) groups is 1. The van der Waals surface area contributed by atoms with Gasteiger partial charge in [0.2, 0.25) is 15.9 Å². The monoisotopic (exact) mass is 453 g/mol. The molecule has 0 aliphatic carbocycles. The largest absolute Gasteiger partial charge is 0.331 e. The summed E-state index contributed by atoms with van der Waals surface area (Å²) in [4.78, 5) is 19.4. The van der Waals surface area contributed by atoms with Gasteiger partial charge >= 0.3 is 0 Å². The molecule has 3 heterocycles. The van der Waals surface area contributed by atoms with Crippen molar-refractivity contribution in [3.63, 3.8) is 0 Å². The normalized spacial score (nSPS) is 25.3. The molecule has 2 aliphatic heterocycles. The molecule has 6 nitrogen and oxygen atoms in total. The van der Waals surface area contributed by atoms with Crippen molar-refractivity contribution in [1.29, 1.82) is 0 Å². The maximum atomic E-state index is 13.5. The number of sulfonamides is 1. The molecule has 2 fully saturated rings. The first-order valence-electron chi connectivity index (χ1n) is 9.49. The third kappa shape index (κ3) is 3.77. The van der Waals surface area contributed by atoms with Crippen LogP contribution in [0, 0.1) is 0 Å². The zero-order valence-corrected chi connectivity index (χ0v) is 18.2. The summed E-state index contributed by atoms with van der Waals surface area (Å²) in [5, 5.41) is 0.490. The number of hydrogen-bond donors (Lipinski definition) is 0. The van der Waals surface area contributed by atoms with E-state index in [1.165, 1.54) is 22.5 Å². The zero-order chi connectivity index (χ0) is 20.8. The molecular weight excluding hydrogens is 433 g/mol. The number of nitrogens with zero attached hydrogens (tertiary/aromatic N) is 3. The van der Waals surface area contributed by atoms with Crippen LogP contribution in [-0.4, -0.2) is 46.6 Å². The van der Waals surface area contributed by atoms with E-state index in [1.54, 1.807) is 11.1 Å². The lowest BCUT2D eigenvalue weighted by Crippen LogP contribution is -2.68.